The number of dihydropyridines is 1. The second-order valence-electron chi connectivity index (χ2n) is 14.3. The van der Waals surface area contributed by atoms with E-state index in [1.165, 1.54) is 40.8 Å². The molecule has 1 saturated carbocycles. The van der Waals surface area contributed by atoms with E-state index in [-0.39, 0.29) is 0 Å². The van der Waals surface area contributed by atoms with Crippen LogP contribution in [0.5, 0.6) is 34.5 Å². The number of nitrogens with zero attached hydrogens (tertiary/aromatic N) is 2. The van der Waals surface area contributed by atoms with Crippen molar-refractivity contribution in [1.29, 1.82) is 0 Å². The summed E-state index contributed by atoms with van der Waals surface area (Å²) in [7, 11) is 10.1. The topological polar surface area (TPSA) is 73.9 Å². The highest BCUT2D eigenvalue weighted by atomic mass is 16.5. The number of methoxy groups -OCH3 is 6. The van der Waals surface area contributed by atoms with Gasteiger partial charge in [0.2, 0.25) is 5.75 Å². The molecule has 0 spiro atoms. The zero-order chi connectivity index (χ0) is 37.6. The molecular formula is C45H53N3O6. The lowest BCUT2D eigenvalue weighted by molar-refractivity contribution is 0.222. The Hall–Kier alpha value is -5.28. The van der Waals surface area contributed by atoms with Gasteiger partial charge in [0.1, 0.15) is 5.75 Å². The van der Waals surface area contributed by atoms with Gasteiger partial charge in [-0.1, -0.05) is 30.3 Å². The summed E-state index contributed by atoms with van der Waals surface area (Å²) < 4.78 is 34.1. The molecule has 0 bridgehead atoms. The molecule has 2 fully saturated rings. The monoisotopic (exact) mass is 731 g/mol. The van der Waals surface area contributed by atoms with E-state index in [0.29, 0.717) is 29.2 Å². The SMILES string of the molecule is COc1cccc(N(Cc2cccc(-c3cc(OC)c(OC)c(C4CC4)c3)c2)C2CCN(CC3=CC(c4cc(OC)c(OC)c(OC)c4)=CNC3)CC2)c1. The molecule has 0 radical (unpaired) electrons. The second kappa shape index (κ2) is 16.8. The summed E-state index contributed by atoms with van der Waals surface area (Å²) in [6.45, 7) is 4.56. The Kier molecular flexibility index (Phi) is 11.5. The first-order valence-corrected chi connectivity index (χ1v) is 18.9. The van der Waals surface area contributed by atoms with Crippen LogP contribution < -0.4 is 38.6 Å². The molecule has 1 aliphatic carbocycles. The van der Waals surface area contributed by atoms with Crippen LogP contribution in [0.25, 0.3) is 16.7 Å². The van der Waals surface area contributed by atoms with Crippen molar-refractivity contribution in [3.05, 3.63) is 107 Å². The van der Waals surface area contributed by atoms with E-state index in [9.17, 15) is 0 Å². The van der Waals surface area contributed by atoms with Crippen LogP contribution in [0.2, 0.25) is 0 Å². The Balaban J connectivity index is 1.08. The van der Waals surface area contributed by atoms with E-state index < -0.39 is 0 Å². The predicted octanol–water partition coefficient (Wildman–Crippen LogP) is 8.32. The van der Waals surface area contributed by atoms with Crippen molar-refractivity contribution < 1.29 is 28.4 Å². The largest absolute Gasteiger partial charge is 0.497 e. The Labute approximate surface area is 320 Å². The molecule has 4 aromatic rings. The average molecular weight is 732 g/mol. The highest BCUT2D eigenvalue weighted by Crippen LogP contribution is 2.49. The first kappa shape index (κ1) is 37.1. The molecule has 0 atom stereocenters. The number of likely N-dealkylation sites (tertiary alicyclic amines) is 1. The van der Waals surface area contributed by atoms with Crippen LogP contribution in [0.1, 0.15) is 48.3 Å². The number of piperidine rings is 1. The molecule has 1 N–H and O–H groups in total. The van der Waals surface area contributed by atoms with E-state index in [0.717, 1.165) is 79.5 Å². The van der Waals surface area contributed by atoms with Gasteiger partial charge in [-0.05, 0) is 107 Å². The van der Waals surface area contributed by atoms with Crippen LogP contribution in [-0.4, -0.2) is 79.8 Å². The minimum absolute atomic E-state index is 0.382. The van der Waals surface area contributed by atoms with Gasteiger partial charge in [-0.15, -0.1) is 0 Å². The Morgan fingerprint density at radius 1 is 0.667 bits per heavy atom. The number of anilines is 1. The van der Waals surface area contributed by atoms with Crippen molar-refractivity contribution in [3.8, 4) is 45.6 Å². The molecule has 1 saturated heterocycles. The number of hydrogen-bond acceptors (Lipinski definition) is 9. The van der Waals surface area contributed by atoms with Crippen molar-refractivity contribution in [3.63, 3.8) is 0 Å². The van der Waals surface area contributed by atoms with Crippen LogP contribution >= 0.6 is 0 Å². The fourth-order valence-electron chi connectivity index (χ4n) is 7.92. The van der Waals surface area contributed by atoms with Gasteiger partial charge in [-0.25, -0.2) is 0 Å². The maximum absolute atomic E-state index is 5.81. The maximum atomic E-state index is 5.81. The zero-order valence-corrected chi connectivity index (χ0v) is 32.4. The number of hydrogen-bond donors (Lipinski definition) is 1. The fraction of sp³-hybridized carbons (Fsp3) is 0.378. The second-order valence-corrected chi connectivity index (χ2v) is 14.3. The highest BCUT2D eigenvalue weighted by Gasteiger charge is 2.30. The molecule has 2 aliphatic heterocycles. The lowest BCUT2D eigenvalue weighted by Gasteiger charge is -2.40. The molecular weight excluding hydrogens is 679 g/mol. The van der Waals surface area contributed by atoms with Crippen LogP contribution in [0.4, 0.5) is 5.69 Å². The van der Waals surface area contributed by atoms with Crippen LogP contribution in [0.15, 0.2) is 90.6 Å². The maximum Gasteiger partial charge on any atom is 0.203 e. The smallest absolute Gasteiger partial charge is 0.203 e. The van der Waals surface area contributed by atoms with Crippen LogP contribution in [0, 0.1) is 0 Å². The molecule has 9 nitrogen and oxygen atoms in total. The third-order valence-corrected chi connectivity index (χ3v) is 10.9. The van der Waals surface area contributed by atoms with Gasteiger partial charge in [0.05, 0.1) is 42.7 Å². The molecule has 4 aromatic carbocycles. The molecule has 3 aliphatic rings. The lowest BCUT2D eigenvalue weighted by atomic mass is 9.96. The van der Waals surface area contributed by atoms with Gasteiger partial charge >= 0.3 is 0 Å². The minimum Gasteiger partial charge on any atom is -0.497 e. The molecule has 9 heteroatoms. The van der Waals surface area contributed by atoms with Crippen LogP contribution in [-0.2, 0) is 6.54 Å². The predicted molar refractivity (Wildman–Crippen MR) is 216 cm³/mol. The van der Waals surface area contributed by atoms with Gasteiger partial charge in [0.25, 0.3) is 0 Å². The summed E-state index contributed by atoms with van der Waals surface area (Å²) in [4.78, 5) is 5.16. The average Bonchev–Trinajstić information content (AvgIpc) is 4.08. The summed E-state index contributed by atoms with van der Waals surface area (Å²) >= 11 is 0. The van der Waals surface area contributed by atoms with Crippen molar-refractivity contribution in [1.82, 2.24) is 10.2 Å². The van der Waals surface area contributed by atoms with Gasteiger partial charge < -0.3 is 38.6 Å². The van der Waals surface area contributed by atoms with E-state index >= 15 is 0 Å². The van der Waals surface area contributed by atoms with Gasteiger partial charge in [0, 0.05) is 62.3 Å². The van der Waals surface area contributed by atoms with Crippen molar-refractivity contribution in [2.24, 2.45) is 0 Å². The molecule has 284 valence electrons. The molecule has 0 amide bonds. The summed E-state index contributed by atoms with van der Waals surface area (Å²) in [5.41, 5.74) is 9.49. The Morgan fingerprint density at radius 2 is 1.35 bits per heavy atom. The highest BCUT2D eigenvalue weighted by molar-refractivity contribution is 5.78. The van der Waals surface area contributed by atoms with Crippen molar-refractivity contribution in [2.45, 2.75) is 44.2 Å². The zero-order valence-electron chi connectivity index (χ0n) is 32.4. The minimum atomic E-state index is 0.382. The standard InChI is InChI=1S/C45H53N3O6/c1-49-39-12-8-11-38(25-39)48(29-30-9-7-10-33(19-30)34-21-40(32-13-14-32)44(53-5)41(22-34)50-2)37-15-17-47(18-16-37)28-31-20-36(27-46-26-31)35-23-42(51-3)45(54-6)43(24-35)52-4/h7-12,19-25,27,32,37,46H,13-18,26,28-29H2,1-6H3. The number of ether oxygens (including phenoxy) is 6. The molecule has 2 heterocycles. The Bertz CT molecular complexity index is 1970. The van der Waals surface area contributed by atoms with Gasteiger partial charge in [0.15, 0.2) is 23.0 Å². The fourth-order valence-corrected chi connectivity index (χ4v) is 7.92. The summed E-state index contributed by atoms with van der Waals surface area (Å²) in [5, 5.41) is 3.50. The van der Waals surface area contributed by atoms with Gasteiger partial charge in [-0.2, -0.15) is 0 Å². The summed E-state index contributed by atoms with van der Waals surface area (Å²) in [6, 6.07) is 26.3. The summed E-state index contributed by atoms with van der Waals surface area (Å²) in [5.74, 6) is 4.95. The molecule has 0 unspecified atom stereocenters. The molecule has 7 rings (SSSR count). The lowest BCUT2D eigenvalue weighted by Crippen LogP contribution is -2.45. The Morgan fingerprint density at radius 3 is 2.02 bits per heavy atom. The van der Waals surface area contributed by atoms with Gasteiger partial charge in [-0.3, -0.25) is 4.90 Å². The quantitative estimate of drug-likeness (QED) is 0.130. The van der Waals surface area contributed by atoms with E-state index in [1.807, 2.05) is 18.2 Å². The summed E-state index contributed by atoms with van der Waals surface area (Å²) in [6.07, 6.45) is 8.87. The number of benzene rings is 4. The van der Waals surface area contributed by atoms with E-state index in [1.54, 1.807) is 42.7 Å². The number of rotatable bonds is 15. The van der Waals surface area contributed by atoms with E-state index in [4.69, 9.17) is 28.4 Å². The molecule has 54 heavy (non-hydrogen) atoms. The van der Waals surface area contributed by atoms with E-state index in [2.05, 4.69) is 82.0 Å². The molecule has 0 aromatic heterocycles. The normalized spacial score (nSPS) is 16.1. The third kappa shape index (κ3) is 8.11. The van der Waals surface area contributed by atoms with Crippen LogP contribution in [0.3, 0.4) is 0 Å². The number of allylic oxidation sites excluding steroid dienone is 2. The van der Waals surface area contributed by atoms with Crippen molar-refractivity contribution >= 4 is 11.3 Å². The third-order valence-electron chi connectivity index (χ3n) is 10.9. The first-order chi connectivity index (χ1) is 26.4. The first-order valence-electron chi connectivity index (χ1n) is 18.9. The number of nitrogens with one attached hydrogen (secondary N) is 1. The van der Waals surface area contributed by atoms with Crippen molar-refractivity contribution in [2.75, 3.05) is 73.7 Å².